The van der Waals surface area contributed by atoms with Gasteiger partial charge in [0.05, 0.1) is 18.8 Å². The maximum atomic E-state index is 12.6. The molecule has 474 valence electrons. The molecule has 0 saturated carbocycles. The van der Waals surface area contributed by atoms with E-state index in [1.807, 2.05) is 0 Å². The molecule has 2 unspecified atom stereocenters. The summed E-state index contributed by atoms with van der Waals surface area (Å²) >= 11 is 0. The third-order valence-electron chi connectivity index (χ3n) is 17.7. The minimum absolute atomic E-state index is 0.0214. The molecule has 0 fully saturated rings. The number of unbranched alkanes of at least 4 members (excludes halogenated alkanes) is 57. The topological polar surface area (TPSA) is 69.6 Å². The quantitative estimate of drug-likeness (QED) is 0.0420. The van der Waals surface area contributed by atoms with Gasteiger partial charge in [0.1, 0.15) is 0 Å². The van der Waals surface area contributed by atoms with E-state index in [0.29, 0.717) is 12.8 Å². The number of rotatable bonds is 70. The highest BCUT2D eigenvalue weighted by Gasteiger charge is 2.20. The predicted octanol–water partition coefficient (Wildman–Crippen LogP) is 25.5. The number of hydrogen-bond donors (Lipinski definition) is 3. The third-order valence-corrected chi connectivity index (χ3v) is 17.7. The van der Waals surface area contributed by atoms with E-state index in [4.69, 9.17) is 0 Å². The number of carbonyl (C=O) groups excluding carboxylic acids is 1. The lowest BCUT2D eigenvalue weighted by molar-refractivity contribution is -0.123. The fourth-order valence-corrected chi connectivity index (χ4v) is 12.0. The number of nitrogens with one attached hydrogen (secondary N) is 1. The summed E-state index contributed by atoms with van der Waals surface area (Å²) in [5.41, 5.74) is 0. The molecule has 1 amide bonds. The summed E-state index contributed by atoms with van der Waals surface area (Å²) < 4.78 is 0. The Hall–Kier alpha value is -1.39. The third kappa shape index (κ3) is 67.4. The van der Waals surface area contributed by atoms with Crippen molar-refractivity contribution in [3.63, 3.8) is 0 Å². The Kier molecular flexibility index (Phi) is 70.6. The molecule has 0 heterocycles. The van der Waals surface area contributed by atoms with Crippen molar-refractivity contribution in [1.82, 2.24) is 5.32 Å². The monoisotopic (exact) mass is 1120 g/mol. The van der Waals surface area contributed by atoms with E-state index in [0.717, 1.165) is 38.5 Å². The second-order valence-corrected chi connectivity index (χ2v) is 25.7. The van der Waals surface area contributed by atoms with E-state index >= 15 is 0 Å². The number of carbonyl (C=O) groups is 1. The van der Waals surface area contributed by atoms with Crippen molar-refractivity contribution in [3.8, 4) is 0 Å². The van der Waals surface area contributed by atoms with Gasteiger partial charge in [-0.15, -0.1) is 0 Å². The standard InChI is InChI=1S/C76H147NO3/c1-3-5-7-9-11-13-15-17-19-21-23-25-27-29-31-33-34-35-36-37-38-39-40-41-42-44-46-48-50-52-54-56-58-60-62-64-66-68-70-72-76(80)77-74(73-78)75(79)71-69-67-65-63-61-59-57-55-53-51-49-47-45-43-32-30-28-26-24-22-20-18-16-14-12-10-8-6-4-2/h15,17,21,23,27,29,74-75,78-79H,3-14,16,18-20,22,24-26,28,30-73H2,1-2H3,(H,77,80)/b17-15-,23-21-,29-27-. The van der Waals surface area contributed by atoms with Gasteiger partial charge in [-0.05, 0) is 51.4 Å². The fourth-order valence-electron chi connectivity index (χ4n) is 12.0. The lowest BCUT2D eigenvalue weighted by Crippen LogP contribution is -2.45. The molecule has 80 heavy (non-hydrogen) atoms. The summed E-state index contributed by atoms with van der Waals surface area (Å²) in [5, 5.41) is 23.5. The Morgan fingerprint density at radius 2 is 0.512 bits per heavy atom. The van der Waals surface area contributed by atoms with Crippen LogP contribution in [0, 0.1) is 0 Å². The Bertz CT molecular complexity index is 1230. The van der Waals surface area contributed by atoms with Crippen molar-refractivity contribution >= 4 is 5.91 Å². The van der Waals surface area contributed by atoms with Crippen molar-refractivity contribution < 1.29 is 15.0 Å². The van der Waals surface area contributed by atoms with E-state index in [9.17, 15) is 15.0 Å². The molecule has 0 aliphatic rings. The van der Waals surface area contributed by atoms with Crippen LogP contribution >= 0.6 is 0 Å². The molecule has 0 bridgehead atoms. The Morgan fingerprint density at radius 1 is 0.300 bits per heavy atom. The summed E-state index contributed by atoms with van der Waals surface area (Å²) in [5.74, 6) is -0.0214. The first-order chi connectivity index (χ1) is 39.7. The van der Waals surface area contributed by atoms with Gasteiger partial charge >= 0.3 is 0 Å². The molecule has 0 aliphatic heterocycles. The van der Waals surface area contributed by atoms with Crippen LogP contribution in [0.3, 0.4) is 0 Å². The maximum absolute atomic E-state index is 12.6. The van der Waals surface area contributed by atoms with Gasteiger partial charge in [-0.25, -0.2) is 0 Å². The van der Waals surface area contributed by atoms with Crippen LogP contribution in [0.5, 0.6) is 0 Å². The van der Waals surface area contributed by atoms with Gasteiger partial charge in [-0.2, -0.15) is 0 Å². The zero-order chi connectivity index (χ0) is 57.6. The van der Waals surface area contributed by atoms with Gasteiger partial charge in [0.15, 0.2) is 0 Å². The van der Waals surface area contributed by atoms with Gasteiger partial charge in [0, 0.05) is 6.42 Å². The predicted molar refractivity (Wildman–Crippen MR) is 359 cm³/mol. The Balaban J connectivity index is 3.37. The smallest absolute Gasteiger partial charge is 0.220 e. The number of aliphatic hydroxyl groups excluding tert-OH is 2. The lowest BCUT2D eigenvalue weighted by atomic mass is 10.0. The van der Waals surface area contributed by atoms with E-state index in [2.05, 4.69) is 55.6 Å². The van der Waals surface area contributed by atoms with Crippen LogP contribution in [0.15, 0.2) is 36.5 Å². The number of aliphatic hydroxyl groups is 2. The van der Waals surface area contributed by atoms with Crippen molar-refractivity contribution in [3.05, 3.63) is 36.5 Å². The van der Waals surface area contributed by atoms with Gasteiger partial charge in [-0.3, -0.25) is 4.79 Å². The van der Waals surface area contributed by atoms with Gasteiger partial charge in [0.2, 0.25) is 5.91 Å². The van der Waals surface area contributed by atoms with Crippen LogP contribution < -0.4 is 5.32 Å². The molecule has 4 heteroatoms. The summed E-state index contributed by atoms with van der Waals surface area (Å²) in [6, 6.07) is -0.536. The van der Waals surface area contributed by atoms with E-state index in [1.165, 1.54) is 360 Å². The largest absolute Gasteiger partial charge is 0.394 e. The molecule has 0 aliphatic carbocycles. The van der Waals surface area contributed by atoms with Crippen LogP contribution in [0.4, 0.5) is 0 Å². The van der Waals surface area contributed by atoms with Crippen LogP contribution in [-0.4, -0.2) is 34.9 Å². The van der Waals surface area contributed by atoms with Crippen LogP contribution in [-0.2, 0) is 4.79 Å². The van der Waals surface area contributed by atoms with Crippen LogP contribution in [0.25, 0.3) is 0 Å². The lowest BCUT2D eigenvalue weighted by Gasteiger charge is -2.22. The minimum atomic E-state index is -0.660. The average molecular weight is 1120 g/mol. The van der Waals surface area contributed by atoms with Crippen LogP contribution in [0.1, 0.15) is 425 Å². The summed E-state index contributed by atoms with van der Waals surface area (Å²) in [6.07, 6.45) is 99.4. The second kappa shape index (κ2) is 71.9. The highest BCUT2D eigenvalue weighted by Crippen LogP contribution is 2.20. The van der Waals surface area contributed by atoms with Gasteiger partial charge in [-0.1, -0.05) is 403 Å². The number of amides is 1. The van der Waals surface area contributed by atoms with Crippen molar-refractivity contribution in [2.45, 2.75) is 437 Å². The average Bonchev–Trinajstić information content (AvgIpc) is 3.46. The molecule has 0 aromatic rings. The highest BCUT2D eigenvalue weighted by molar-refractivity contribution is 5.76. The van der Waals surface area contributed by atoms with Crippen molar-refractivity contribution in [2.24, 2.45) is 0 Å². The molecule has 0 rings (SSSR count). The normalized spacial score (nSPS) is 12.8. The summed E-state index contributed by atoms with van der Waals surface area (Å²) in [6.45, 7) is 4.40. The van der Waals surface area contributed by atoms with Crippen LogP contribution in [0.2, 0.25) is 0 Å². The van der Waals surface area contributed by atoms with Gasteiger partial charge in [0.25, 0.3) is 0 Å². The molecule has 0 spiro atoms. The molecule has 0 aromatic carbocycles. The first-order valence-electron chi connectivity index (χ1n) is 37.2. The molecule has 0 radical (unpaired) electrons. The van der Waals surface area contributed by atoms with Crippen molar-refractivity contribution in [1.29, 1.82) is 0 Å². The van der Waals surface area contributed by atoms with E-state index in [1.54, 1.807) is 0 Å². The molecular formula is C76H147NO3. The molecular weight excluding hydrogens is 975 g/mol. The number of hydrogen-bond acceptors (Lipinski definition) is 3. The van der Waals surface area contributed by atoms with E-state index in [-0.39, 0.29) is 12.5 Å². The summed E-state index contributed by atoms with van der Waals surface area (Å²) in [4.78, 5) is 12.6. The van der Waals surface area contributed by atoms with Gasteiger partial charge < -0.3 is 15.5 Å². The molecule has 2 atom stereocenters. The molecule has 3 N–H and O–H groups in total. The van der Waals surface area contributed by atoms with E-state index < -0.39 is 12.1 Å². The first kappa shape index (κ1) is 78.6. The Morgan fingerprint density at radius 3 is 0.762 bits per heavy atom. The first-order valence-corrected chi connectivity index (χ1v) is 37.2. The highest BCUT2D eigenvalue weighted by atomic mass is 16.3. The SMILES string of the molecule is CCCCCCC/C=C\C/C=C\C/C=C\CCCCCCCCCCCCCCCCCCCCCCCCCCC(=O)NC(CO)C(O)CCCCCCCCCCCCCCCCCCCCCCCCCCCCCCC. The molecule has 4 nitrogen and oxygen atoms in total. The minimum Gasteiger partial charge on any atom is -0.394 e. The maximum Gasteiger partial charge on any atom is 0.220 e. The molecule has 0 saturated heterocycles. The fraction of sp³-hybridized carbons (Fsp3) is 0.908. The Labute approximate surface area is 503 Å². The zero-order valence-electron chi connectivity index (χ0n) is 54.9. The number of allylic oxidation sites excluding steroid dienone is 6. The van der Waals surface area contributed by atoms with Crippen molar-refractivity contribution in [2.75, 3.05) is 6.61 Å². The second-order valence-electron chi connectivity index (χ2n) is 25.7. The molecule has 0 aromatic heterocycles. The summed E-state index contributed by atoms with van der Waals surface area (Å²) in [7, 11) is 0. The zero-order valence-corrected chi connectivity index (χ0v) is 54.9.